The van der Waals surface area contributed by atoms with Gasteiger partial charge in [0, 0.05) is 0 Å². The third-order valence-corrected chi connectivity index (χ3v) is 2.33. The summed E-state index contributed by atoms with van der Waals surface area (Å²) in [4.78, 5) is 0. The molecule has 4 N–H and O–H groups in total. The van der Waals surface area contributed by atoms with Crippen LogP contribution in [0, 0.1) is 0 Å². The molecule has 4 nitrogen and oxygen atoms in total. The van der Waals surface area contributed by atoms with E-state index in [-0.39, 0.29) is 0 Å². The van der Waals surface area contributed by atoms with Crippen LogP contribution in [0.3, 0.4) is 0 Å². The van der Waals surface area contributed by atoms with Crippen molar-refractivity contribution in [2.45, 2.75) is 0 Å². The van der Waals surface area contributed by atoms with E-state index in [1.165, 1.54) is 0 Å². The van der Waals surface area contributed by atoms with Gasteiger partial charge in [-0.3, -0.25) is 0 Å². The minimum atomic E-state index is -1.40. The predicted octanol–water partition coefficient (Wildman–Crippen LogP) is -2.47. The molecule has 2 radical (unpaired) electrons. The van der Waals surface area contributed by atoms with Crippen LogP contribution in [0.4, 0.5) is 0 Å². The number of rotatable bonds is 2. The average Bonchev–Trinajstić information content (AvgIpc) is 2.41. The molecule has 0 saturated carbocycles. The van der Waals surface area contributed by atoms with E-state index >= 15 is 0 Å². The summed E-state index contributed by atoms with van der Waals surface area (Å²) >= 11 is 0. The Balaban J connectivity index is 0.000000191. The maximum absolute atomic E-state index is 8.63. The normalized spacial score (nSPS) is 9.26. The first-order chi connectivity index (χ1) is 9.00. The minimum Gasteiger partial charge on any atom is -0.423 e. The van der Waals surface area contributed by atoms with E-state index in [0.29, 0.717) is 16.4 Å². The molecule has 0 aromatic heterocycles. The number of hydrogen-bond acceptors (Lipinski definition) is 4. The maximum Gasteiger partial charge on any atom is 0.488 e. The molecule has 0 aliphatic rings. The van der Waals surface area contributed by atoms with Crippen molar-refractivity contribution in [3.05, 3.63) is 54.6 Å². The first-order valence-corrected chi connectivity index (χ1v) is 5.63. The van der Waals surface area contributed by atoms with Gasteiger partial charge in [-0.05, 0) is 10.9 Å². The first kappa shape index (κ1) is 15.5. The quantitative estimate of drug-likeness (QED) is 0.447. The molecular formula is C12H13B3O4. The Labute approximate surface area is 114 Å². The second-order valence-corrected chi connectivity index (χ2v) is 3.82. The molecule has 2 rings (SSSR count). The van der Waals surface area contributed by atoms with Gasteiger partial charge in [0.15, 0.2) is 0 Å². The van der Waals surface area contributed by atoms with Gasteiger partial charge in [-0.2, -0.15) is 0 Å². The zero-order valence-corrected chi connectivity index (χ0v) is 10.2. The summed E-state index contributed by atoms with van der Waals surface area (Å²) in [6.07, 6.45) is 0. The van der Waals surface area contributed by atoms with Gasteiger partial charge in [0.2, 0.25) is 0 Å². The van der Waals surface area contributed by atoms with Crippen LogP contribution in [0.15, 0.2) is 54.6 Å². The SMILES string of the molecule is OB(O)c1ccccc1.[B]c1ccc(B(O)O)cc1. The maximum atomic E-state index is 8.63. The van der Waals surface area contributed by atoms with Gasteiger partial charge in [-0.15, -0.1) is 0 Å². The summed E-state index contributed by atoms with van der Waals surface area (Å²) in [7, 11) is 2.62. The van der Waals surface area contributed by atoms with E-state index in [1.807, 2.05) is 6.07 Å². The molecule has 0 saturated heterocycles. The fraction of sp³-hybridized carbons (Fsp3) is 0. The molecule has 7 heteroatoms. The van der Waals surface area contributed by atoms with Gasteiger partial charge in [0.1, 0.15) is 7.85 Å². The molecule has 0 amide bonds. The van der Waals surface area contributed by atoms with Crippen molar-refractivity contribution >= 4 is 38.5 Å². The molecule has 0 spiro atoms. The Hall–Kier alpha value is -1.53. The van der Waals surface area contributed by atoms with E-state index < -0.39 is 14.2 Å². The highest BCUT2D eigenvalue weighted by molar-refractivity contribution is 6.59. The van der Waals surface area contributed by atoms with Crippen molar-refractivity contribution < 1.29 is 20.1 Å². The zero-order chi connectivity index (χ0) is 14.3. The van der Waals surface area contributed by atoms with Crippen molar-refractivity contribution in [3.8, 4) is 0 Å². The largest absolute Gasteiger partial charge is 0.488 e. The standard InChI is InChI=1S/C6H6B2O2.C6H7BO2/c7-5-1-3-6(4-2-5)8(9)10;8-7(9)6-4-2-1-3-5-6/h1-4,9-10H;1-5,8-9H. The van der Waals surface area contributed by atoms with Crippen molar-refractivity contribution in [3.63, 3.8) is 0 Å². The van der Waals surface area contributed by atoms with E-state index in [2.05, 4.69) is 0 Å². The van der Waals surface area contributed by atoms with Gasteiger partial charge < -0.3 is 20.1 Å². The molecule has 0 fully saturated rings. The van der Waals surface area contributed by atoms with Crippen LogP contribution in [0.2, 0.25) is 0 Å². The van der Waals surface area contributed by atoms with E-state index in [0.717, 1.165) is 0 Å². The monoisotopic (exact) mass is 254 g/mol. The Morgan fingerprint density at radius 1 is 0.632 bits per heavy atom. The highest BCUT2D eigenvalue weighted by atomic mass is 16.4. The van der Waals surface area contributed by atoms with Crippen LogP contribution in [0.1, 0.15) is 0 Å². The van der Waals surface area contributed by atoms with Crippen molar-refractivity contribution in [2.24, 2.45) is 0 Å². The molecule has 0 aliphatic carbocycles. The third-order valence-electron chi connectivity index (χ3n) is 2.33. The van der Waals surface area contributed by atoms with E-state index in [1.54, 1.807) is 48.5 Å². The van der Waals surface area contributed by atoms with Gasteiger partial charge in [0.25, 0.3) is 0 Å². The molecule has 0 bridgehead atoms. The number of hydrogen-bond donors (Lipinski definition) is 4. The summed E-state index contributed by atoms with van der Waals surface area (Å²) < 4.78 is 0. The molecule has 0 unspecified atom stereocenters. The lowest BCUT2D eigenvalue weighted by molar-refractivity contribution is 0.424. The Morgan fingerprint density at radius 3 is 1.42 bits per heavy atom. The Kier molecular flexibility index (Phi) is 6.38. The zero-order valence-electron chi connectivity index (χ0n) is 10.2. The smallest absolute Gasteiger partial charge is 0.423 e. The summed E-state index contributed by atoms with van der Waals surface area (Å²) in [5, 5.41) is 34.4. The van der Waals surface area contributed by atoms with Crippen LogP contribution in [0.25, 0.3) is 0 Å². The van der Waals surface area contributed by atoms with Gasteiger partial charge in [-0.25, -0.2) is 0 Å². The van der Waals surface area contributed by atoms with Crippen LogP contribution < -0.4 is 16.4 Å². The van der Waals surface area contributed by atoms with E-state index in [4.69, 9.17) is 27.9 Å². The summed E-state index contributed by atoms with van der Waals surface area (Å²) in [5.41, 5.74) is 1.59. The first-order valence-electron chi connectivity index (χ1n) is 5.63. The highest BCUT2D eigenvalue weighted by Crippen LogP contribution is 1.82. The molecule has 19 heavy (non-hydrogen) atoms. The minimum absolute atomic E-state index is 0.453. The van der Waals surface area contributed by atoms with Crippen LogP contribution in [-0.2, 0) is 0 Å². The fourth-order valence-electron chi connectivity index (χ4n) is 1.29. The van der Waals surface area contributed by atoms with Crippen LogP contribution in [0.5, 0.6) is 0 Å². The summed E-state index contributed by atoms with van der Waals surface area (Å²) in [5.74, 6) is 0. The lowest BCUT2D eigenvalue weighted by Gasteiger charge is -1.97. The molecule has 0 heterocycles. The molecule has 2 aromatic rings. The number of benzene rings is 2. The molecular weight excluding hydrogens is 241 g/mol. The molecule has 94 valence electrons. The Bertz CT molecular complexity index is 474. The molecule has 0 atom stereocenters. The second-order valence-electron chi connectivity index (χ2n) is 3.82. The second kappa shape index (κ2) is 7.81. The lowest BCUT2D eigenvalue weighted by atomic mass is 9.79. The lowest BCUT2D eigenvalue weighted by Crippen LogP contribution is -2.30. The van der Waals surface area contributed by atoms with E-state index in [9.17, 15) is 0 Å². The van der Waals surface area contributed by atoms with Crippen LogP contribution in [-0.4, -0.2) is 42.2 Å². The summed E-state index contributed by atoms with van der Waals surface area (Å²) in [6, 6.07) is 15.0. The molecule has 2 aromatic carbocycles. The molecule has 0 aliphatic heterocycles. The highest BCUT2D eigenvalue weighted by Gasteiger charge is 2.08. The topological polar surface area (TPSA) is 80.9 Å². The van der Waals surface area contributed by atoms with Crippen LogP contribution >= 0.6 is 0 Å². The van der Waals surface area contributed by atoms with Gasteiger partial charge in [-0.1, -0.05) is 60.1 Å². The Morgan fingerprint density at radius 2 is 1.05 bits per heavy atom. The van der Waals surface area contributed by atoms with Gasteiger partial charge in [0.05, 0.1) is 0 Å². The van der Waals surface area contributed by atoms with Crippen molar-refractivity contribution in [2.75, 3.05) is 0 Å². The van der Waals surface area contributed by atoms with Crippen molar-refractivity contribution in [1.82, 2.24) is 0 Å². The average molecular weight is 254 g/mol. The predicted molar refractivity (Wildman–Crippen MR) is 77.9 cm³/mol. The van der Waals surface area contributed by atoms with Crippen molar-refractivity contribution in [1.29, 1.82) is 0 Å². The fourth-order valence-corrected chi connectivity index (χ4v) is 1.29. The summed E-state index contributed by atoms with van der Waals surface area (Å²) in [6.45, 7) is 0. The van der Waals surface area contributed by atoms with Gasteiger partial charge >= 0.3 is 14.2 Å². The third kappa shape index (κ3) is 5.76.